The largest absolute Gasteiger partial charge is 0.396 e. The van der Waals surface area contributed by atoms with Crippen molar-refractivity contribution in [1.29, 1.82) is 0 Å². The van der Waals surface area contributed by atoms with Gasteiger partial charge in [0.25, 0.3) is 0 Å². The van der Waals surface area contributed by atoms with Crippen molar-refractivity contribution >= 4 is 11.6 Å². The third-order valence-electron chi connectivity index (χ3n) is 5.34. The number of aliphatic hydroxyl groups is 1. The summed E-state index contributed by atoms with van der Waals surface area (Å²) in [6.45, 7) is 6.25. The molecule has 0 spiro atoms. The van der Waals surface area contributed by atoms with E-state index in [-0.39, 0.29) is 17.8 Å². The van der Waals surface area contributed by atoms with Gasteiger partial charge < -0.3 is 10.0 Å². The van der Waals surface area contributed by atoms with E-state index in [2.05, 4.69) is 9.80 Å². The van der Waals surface area contributed by atoms with Crippen LogP contribution < -0.4 is 0 Å². The minimum Gasteiger partial charge on any atom is -0.396 e. The summed E-state index contributed by atoms with van der Waals surface area (Å²) in [6.07, 6.45) is 4.58. The molecular formula is C18H26ClFN2O. The maximum atomic E-state index is 13.4. The van der Waals surface area contributed by atoms with Gasteiger partial charge in [-0.3, -0.25) is 4.90 Å². The lowest BCUT2D eigenvalue weighted by Crippen LogP contribution is -2.47. The van der Waals surface area contributed by atoms with Gasteiger partial charge in [-0.15, -0.1) is 0 Å². The molecule has 0 bridgehead atoms. The van der Waals surface area contributed by atoms with Crippen molar-refractivity contribution in [3.8, 4) is 0 Å². The van der Waals surface area contributed by atoms with Crippen molar-refractivity contribution in [2.24, 2.45) is 5.41 Å². The Morgan fingerprint density at radius 2 is 1.74 bits per heavy atom. The zero-order valence-electron chi connectivity index (χ0n) is 13.6. The van der Waals surface area contributed by atoms with Crippen molar-refractivity contribution in [3.05, 3.63) is 34.6 Å². The number of nitrogens with zero attached hydrogens (tertiary/aromatic N) is 2. The second-order valence-corrected chi connectivity index (χ2v) is 7.63. The van der Waals surface area contributed by atoms with E-state index in [4.69, 9.17) is 11.6 Å². The first-order valence-electron chi connectivity index (χ1n) is 8.59. The average Bonchev–Trinajstić information content (AvgIpc) is 3.01. The highest BCUT2D eigenvalue weighted by Crippen LogP contribution is 2.33. The molecule has 2 aliphatic rings. The Kier molecular flexibility index (Phi) is 5.57. The number of halogens is 2. The molecule has 128 valence electrons. The molecule has 0 aromatic heterocycles. The molecule has 0 unspecified atom stereocenters. The van der Waals surface area contributed by atoms with Crippen molar-refractivity contribution < 1.29 is 9.50 Å². The van der Waals surface area contributed by atoms with Crippen LogP contribution in [0.15, 0.2) is 18.2 Å². The molecule has 3 rings (SSSR count). The lowest BCUT2D eigenvalue weighted by molar-refractivity contribution is 0.0165. The fraction of sp³-hybridized carbons (Fsp3) is 0.667. The Hall–Kier alpha value is -0.680. The molecule has 1 aromatic rings. The molecule has 2 saturated heterocycles. The third-order valence-corrected chi connectivity index (χ3v) is 5.56. The molecule has 0 aliphatic carbocycles. The van der Waals surface area contributed by atoms with Crippen LogP contribution in [0, 0.1) is 11.2 Å². The van der Waals surface area contributed by atoms with Gasteiger partial charge in [0.1, 0.15) is 5.82 Å². The highest BCUT2D eigenvalue weighted by molar-refractivity contribution is 6.30. The predicted octanol–water partition coefficient (Wildman–Crippen LogP) is 3.15. The Morgan fingerprint density at radius 1 is 1.04 bits per heavy atom. The van der Waals surface area contributed by atoms with E-state index in [1.165, 1.54) is 32.0 Å². The minimum absolute atomic E-state index is 0.0421. The monoisotopic (exact) mass is 340 g/mol. The summed E-state index contributed by atoms with van der Waals surface area (Å²) in [5, 5.41) is 10.4. The molecule has 5 heteroatoms. The Morgan fingerprint density at radius 3 is 2.35 bits per heavy atom. The summed E-state index contributed by atoms with van der Waals surface area (Å²) < 4.78 is 13.4. The summed E-state index contributed by atoms with van der Waals surface area (Å²) in [5.41, 5.74) is 0.964. The number of likely N-dealkylation sites (tertiary alicyclic amines) is 2. The first-order chi connectivity index (χ1) is 11.1. The molecule has 1 N–H and O–H groups in total. The van der Waals surface area contributed by atoms with Gasteiger partial charge in [0.2, 0.25) is 0 Å². The quantitative estimate of drug-likeness (QED) is 0.892. The van der Waals surface area contributed by atoms with Gasteiger partial charge in [0.05, 0.1) is 6.61 Å². The van der Waals surface area contributed by atoms with Crippen LogP contribution >= 0.6 is 11.6 Å². The Labute approximate surface area is 143 Å². The van der Waals surface area contributed by atoms with Crippen molar-refractivity contribution in [1.82, 2.24) is 9.80 Å². The number of rotatable bonds is 5. The first kappa shape index (κ1) is 17.2. The number of hydrogen-bond donors (Lipinski definition) is 1. The number of aliphatic hydroxyl groups excluding tert-OH is 1. The highest BCUT2D eigenvalue weighted by Gasteiger charge is 2.36. The van der Waals surface area contributed by atoms with Gasteiger partial charge in [-0.25, -0.2) is 4.39 Å². The van der Waals surface area contributed by atoms with Gasteiger partial charge in [-0.2, -0.15) is 0 Å². The Bertz CT molecular complexity index is 506. The van der Waals surface area contributed by atoms with Crippen molar-refractivity contribution in [2.75, 3.05) is 39.3 Å². The molecule has 0 saturated carbocycles. The first-order valence-corrected chi connectivity index (χ1v) is 8.97. The third kappa shape index (κ3) is 4.44. The molecule has 23 heavy (non-hydrogen) atoms. The molecule has 1 aromatic carbocycles. The van der Waals surface area contributed by atoms with Crippen LogP contribution in [-0.4, -0.2) is 54.2 Å². The van der Waals surface area contributed by atoms with Crippen molar-refractivity contribution in [3.63, 3.8) is 0 Å². The smallest absolute Gasteiger partial charge is 0.125 e. The summed E-state index contributed by atoms with van der Waals surface area (Å²) in [4.78, 5) is 4.83. The van der Waals surface area contributed by atoms with Crippen LogP contribution in [0.3, 0.4) is 0 Å². The van der Waals surface area contributed by atoms with Crippen LogP contribution in [0.5, 0.6) is 0 Å². The van der Waals surface area contributed by atoms with E-state index in [1.54, 1.807) is 6.07 Å². The standard InChI is InChI=1S/C18H26ClFN2O/c19-16-9-15(10-17(20)11-16)12-21-7-3-18(14-23,4-8-21)13-22-5-1-2-6-22/h9-11,23H,1-8,12-14H2. The number of benzene rings is 1. The molecule has 3 nitrogen and oxygen atoms in total. The summed E-state index contributed by atoms with van der Waals surface area (Å²) in [6, 6.07) is 4.74. The van der Waals surface area contributed by atoms with Gasteiger partial charge in [0.15, 0.2) is 0 Å². The second kappa shape index (κ2) is 7.47. The molecular weight excluding hydrogens is 315 g/mol. The van der Waals surface area contributed by atoms with E-state index in [0.29, 0.717) is 5.02 Å². The maximum Gasteiger partial charge on any atom is 0.125 e. The average molecular weight is 341 g/mol. The fourth-order valence-corrected chi connectivity index (χ4v) is 4.17. The van der Waals surface area contributed by atoms with E-state index < -0.39 is 0 Å². The molecule has 0 radical (unpaired) electrons. The zero-order chi connectivity index (χ0) is 16.3. The van der Waals surface area contributed by atoms with E-state index in [1.807, 2.05) is 6.07 Å². The lowest BCUT2D eigenvalue weighted by Gasteiger charge is -2.42. The molecule has 2 fully saturated rings. The lowest BCUT2D eigenvalue weighted by atomic mass is 9.78. The predicted molar refractivity (Wildman–Crippen MR) is 91.1 cm³/mol. The second-order valence-electron chi connectivity index (χ2n) is 7.20. The number of hydrogen-bond acceptors (Lipinski definition) is 3. The Balaban J connectivity index is 1.56. The summed E-state index contributed by atoms with van der Waals surface area (Å²) in [5.74, 6) is -0.275. The van der Waals surface area contributed by atoms with E-state index in [9.17, 15) is 9.50 Å². The van der Waals surface area contributed by atoms with Crippen LogP contribution in [0.25, 0.3) is 0 Å². The molecule has 2 aliphatic heterocycles. The molecule has 0 atom stereocenters. The molecule has 0 amide bonds. The molecule has 2 heterocycles. The zero-order valence-corrected chi connectivity index (χ0v) is 14.4. The van der Waals surface area contributed by atoms with Crippen molar-refractivity contribution in [2.45, 2.75) is 32.2 Å². The SMILES string of the molecule is OCC1(CN2CCCC2)CCN(Cc2cc(F)cc(Cl)c2)CC1. The van der Waals surface area contributed by atoms with E-state index in [0.717, 1.165) is 44.6 Å². The minimum atomic E-state index is -0.275. The van der Waals surface area contributed by atoms with Crippen LogP contribution in [0.4, 0.5) is 4.39 Å². The van der Waals surface area contributed by atoms with E-state index >= 15 is 0 Å². The van der Waals surface area contributed by atoms with Crippen LogP contribution in [-0.2, 0) is 6.54 Å². The van der Waals surface area contributed by atoms with Crippen LogP contribution in [0.1, 0.15) is 31.2 Å². The fourth-order valence-electron chi connectivity index (χ4n) is 3.93. The van der Waals surface area contributed by atoms with Gasteiger partial charge in [-0.05, 0) is 75.6 Å². The van der Waals surface area contributed by atoms with Crippen LogP contribution in [0.2, 0.25) is 5.02 Å². The van der Waals surface area contributed by atoms with Gasteiger partial charge in [0, 0.05) is 23.5 Å². The van der Waals surface area contributed by atoms with Gasteiger partial charge >= 0.3 is 0 Å². The topological polar surface area (TPSA) is 26.7 Å². The highest BCUT2D eigenvalue weighted by atomic mass is 35.5. The van der Waals surface area contributed by atoms with Gasteiger partial charge in [-0.1, -0.05) is 11.6 Å². The summed E-state index contributed by atoms with van der Waals surface area (Å²) >= 11 is 5.93. The normalized spacial score (nSPS) is 22.6. The summed E-state index contributed by atoms with van der Waals surface area (Å²) in [7, 11) is 0. The maximum absolute atomic E-state index is 13.4. The number of piperidine rings is 1.